The van der Waals surface area contributed by atoms with E-state index in [4.69, 9.17) is 70.5 Å². The maximum absolute atomic E-state index is 11.3. The molecule has 0 fully saturated rings. The minimum Gasteiger partial charge on any atom is -0.388 e. The van der Waals surface area contributed by atoms with Crippen LogP contribution in [0.4, 0.5) is 0 Å². The van der Waals surface area contributed by atoms with Crippen molar-refractivity contribution in [2.45, 2.75) is 90.4 Å². The van der Waals surface area contributed by atoms with Crippen molar-refractivity contribution < 1.29 is 69.3 Å². The van der Waals surface area contributed by atoms with Gasteiger partial charge in [-0.05, 0) is 143 Å². The monoisotopic (exact) mass is 1870 g/mol. The molecule has 9 heterocycles. The summed E-state index contributed by atoms with van der Waals surface area (Å²) < 4.78 is 0. The van der Waals surface area contributed by atoms with Crippen LogP contribution in [0.5, 0.6) is 0 Å². The number of aliphatic hydroxyl groups is 7. The van der Waals surface area contributed by atoms with Crippen LogP contribution in [0.2, 0.25) is 15.1 Å². The Hall–Kier alpha value is -14.5. The average molecular weight is 1880 g/mol. The van der Waals surface area contributed by atoms with Gasteiger partial charge in [0.2, 0.25) is 0 Å². The summed E-state index contributed by atoms with van der Waals surface area (Å²) in [5.41, 5.74) is 13.4. The average Bonchev–Trinajstić information content (AvgIpc) is 0.868. The number of pyridine rings is 2. The number of hydrogen-bond donors (Lipinski definition) is 7. The normalized spacial score (nSPS) is 10.6. The number of nitrogens with zero attached hydrogens (tertiary/aromatic N) is 16. The highest BCUT2D eigenvalue weighted by molar-refractivity contribution is 6.31. The molecule has 9 aromatic heterocycles. The van der Waals surface area contributed by atoms with Gasteiger partial charge in [0.15, 0.2) is 40.5 Å². The smallest absolute Gasteiger partial charge is 0.191 e. The molecule has 0 aliphatic heterocycles. The molecule has 0 radical (unpaired) electrons. The summed E-state index contributed by atoms with van der Waals surface area (Å²) in [4.78, 5) is 145. The number of carbonyl (C=O) groups excluding carboxylic acids is 7. The van der Waals surface area contributed by atoms with Gasteiger partial charge in [-0.1, -0.05) is 169 Å². The fourth-order valence-electron chi connectivity index (χ4n) is 12.3. The summed E-state index contributed by atoms with van der Waals surface area (Å²) in [6, 6.07) is 59.1. The maximum atomic E-state index is 11.3. The second-order valence-electron chi connectivity index (χ2n) is 29.7. The van der Waals surface area contributed by atoms with Crippen molar-refractivity contribution in [2.75, 3.05) is 46.2 Å². The SMILES string of the molecule is CC(Cc1ncc(C(=O)CO)cn1)c1ccccc1.Cc1cc(Cc2ncc(C(=O)CO)cn2)ccn1.O=C(CO)c1cnc(CCc2ccc(Cl)cc2)nc1.O=C(CO)c1cnc(CCc2cccc(Cl)c2)nc1.O=C(CO)c1cnc(CCc2ccccc2)nc1.O=C(CO)c1cnc(CCc2ccccc2Cl)nc1.O=C(CO)c1cnc(Cc2cccc(-c3ccncc3)c2)nc1. The van der Waals surface area contributed by atoms with Crippen molar-refractivity contribution in [3.63, 3.8) is 0 Å². The van der Waals surface area contributed by atoms with Crippen LogP contribution in [0.15, 0.2) is 287 Å². The molecule has 1 unspecified atom stereocenters. The Balaban J connectivity index is 0.000000177. The molecule has 135 heavy (non-hydrogen) atoms. The van der Waals surface area contributed by atoms with E-state index in [1.54, 1.807) is 18.6 Å². The van der Waals surface area contributed by atoms with Crippen molar-refractivity contribution in [3.8, 4) is 11.1 Å². The van der Waals surface area contributed by atoms with Crippen LogP contribution >= 0.6 is 34.8 Å². The summed E-state index contributed by atoms with van der Waals surface area (Å²) in [6.07, 6.45) is 33.4. The number of benzene rings is 6. The summed E-state index contributed by atoms with van der Waals surface area (Å²) in [7, 11) is 0. The van der Waals surface area contributed by atoms with E-state index in [0.29, 0.717) is 128 Å². The minimum absolute atomic E-state index is 0.320. The van der Waals surface area contributed by atoms with Crippen molar-refractivity contribution in [3.05, 3.63) is 427 Å². The van der Waals surface area contributed by atoms with Gasteiger partial charge in [0.25, 0.3) is 0 Å². The van der Waals surface area contributed by atoms with E-state index in [-0.39, 0.29) is 40.5 Å². The number of aliphatic hydroxyl groups excluding tert-OH is 7. The van der Waals surface area contributed by atoms with E-state index in [1.165, 1.54) is 97.9 Å². The van der Waals surface area contributed by atoms with E-state index in [2.05, 4.69) is 117 Å². The molecule has 30 nitrogen and oxygen atoms in total. The minimum atomic E-state index is -0.531. The summed E-state index contributed by atoms with van der Waals surface area (Å²) in [5.74, 6) is 2.38. The van der Waals surface area contributed by atoms with Crippen LogP contribution in [0.25, 0.3) is 11.1 Å². The zero-order valence-corrected chi connectivity index (χ0v) is 76.0. The molecule has 15 rings (SSSR count). The van der Waals surface area contributed by atoms with Gasteiger partial charge < -0.3 is 35.7 Å². The van der Waals surface area contributed by atoms with Gasteiger partial charge in [-0.25, -0.2) is 69.8 Å². The molecular weight excluding hydrogens is 1780 g/mol. The van der Waals surface area contributed by atoms with Crippen molar-refractivity contribution in [1.82, 2.24) is 79.7 Å². The number of aromatic nitrogens is 16. The molecule has 0 amide bonds. The molecule has 0 aliphatic carbocycles. The van der Waals surface area contributed by atoms with Gasteiger partial charge >= 0.3 is 0 Å². The highest BCUT2D eigenvalue weighted by Crippen LogP contribution is 2.24. The highest BCUT2D eigenvalue weighted by atomic mass is 35.5. The number of carbonyl (C=O) groups is 7. The number of hydrogen-bond acceptors (Lipinski definition) is 30. The van der Waals surface area contributed by atoms with Gasteiger partial charge in [0, 0.05) is 171 Å². The second-order valence-corrected chi connectivity index (χ2v) is 31.0. The summed E-state index contributed by atoms with van der Waals surface area (Å²) in [6.45, 7) is 0.401. The Labute approximate surface area is 794 Å². The second kappa shape index (κ2) is 57.0. The van der Waals surface area contributed by atoms with E-state index in [1.807, 2.05) is 159 Å². The quantitative estimate of drug-likeness (QED) is 0.0184. The Morgan fingerprint density at radius 2 is 0.607 bits per heavy atom. The van der Waals surface area contributed by atoms with Crippen LogP contribution in [0.1, 0.15) is 171 Å². The first kappa shape index (κ1) is 104. The third-order valence-electron chi connectivity index (χ3n) is 19.8. The fraction of sp³-hybridized carbons (Fsp3) is 0.206. The lowest BCUT2D eigenvalue weighted by atomic mass is 9.97. The Morgan fingerprint density at radius 1 is 0.274 bits per heavy atom. The van der Waals surface area contributed by atoms with Crippen LogP contribution in [0, 0.1) is 6.92 Å². The van der Waals surface area contributed by atoms with Crippen LogP contribution in [-0.4, -0.2) is 202 Å². The molecule has 7 N–H and O–H groups in total. The van der Waals surface area contributed by atoms with Gasteiger partial charge in [-0.3, -0.25) is 43.5 Å². The number of Topliss-reactive ketones (excluding diaryl/α,β-unsaturated/α-hetero) is 7. The fourth-order valence-corrected chi connectivity index (χ4v) is 12.9. The van der Waals surface area contributed by atoms with Crippen molar-refractivity contribution in [2.24, 2.45) is 0 Å². The van der Waals surface area contributed by atoms with Crippen LogP contribution in [0.3, 0.4) is 0 Å². The highest BCUT2D eigenvalue weighted by Gasteiger charge is 2.16. The first-order chi connectivity index (χ1) is 65.5. The number of ketones is 7. The molecule has 0 saturated heterocycles. The topological polar surface area (TPSA) is 467 Å². The Morgan fingerprint density at radius 3 is 1.00 bits per heavy atom. The lowest BCUT2D eigenvalue weighted by Crippen LogP contribution is -2.08. The van der Waals surface area contributed by atoms with Crippen molar-refractivity contribution in [1.29, 1.82) is 0 Å². The van der Waals surface area contributed by atoms with E-state index in [9.17, 15) is 33.6 Å². The number of rotatable bonds is 34. The number of aryl methyl sites for hydroxylation is 9. The van der Waals surface area contributed by atoms with Crippen molar-refractivity contribution >= 4 is 75.3 Å². The largest absolute Gasteiger partial charge is 0.388 e. The predicted molar refractivity (Wildman–Crippen MR) is 507 cm³/mol. The van der Waals surface area contributed by atoms with Gasteiger partial charge in [-0.2, -0.15) is 0 Å². The maximum Gasteiger partial charge on any atom is 0.191 e. The molecule has 1 atom stereocenters. The lowest BCUT2D eigenvalue weighted by Gasteiger charge is -2.10. The first-order valence-corrected chi connectivity index (χ1v) is 43.5. The molecular formula is C102H97Cl3N16O14. The van der Waals surface area contributed by atoms with E-state index < -0.39 is 46.2 Å². The standard InChI is InChI=1S/C18H15N3O2.C15H16N2O2.3C14H13ClN2O2.C14H14N2O2.C13H13N3O2/c22-12-17(23)16-10-20-18(21-11-16)9-13-2-1-3-15(8-13)14-4-6-19-7-5-14;1-11(12-5-3-2-4-6-12)7-15-16-8-13(9-17-15)14(19)10-18;15-12-4-1-10(2-5-12)3-6-14-16-7-11(8-17-14)13(19)9-18;15-12-3-1-2-10(6-12)4-5-14-16-7-11(8-17-14)13(19)9-18;15-12-4-2-1-3-10(12)5-6-14-16-7-11(8-17-14)13(19)9-18;17-10-13(18)12-8-15-14(16-9-12)7-6-11-4-2-1-3-5-11;1-9-4-10(2-3-14-9)5-13-15-6-11(7-16-13)12(18)8-17/h1-8,10-11,22H,9,12H2;2-6,8-9,11,18H,7,10H2,1H3;1-2,4-5,7-8,18H,3,6,9H2;1-3,6-8,18H,4-5,9H2;1-4,7-8,18H,5-6,9H2;1-5,8-9,17H,6-7,10H2;2-4,6-7,17H,5,8H2,1H3. The molecule has 6 aromatic carbocycles. The van der Waals surface area contributed by atoms with E-state index >= 15 is 0 Å². The third kappa shape index (κ3) is 36.5. The Kier molecular flexibility index (Phi) is 44.0. The third-order valence-corrected chi connectivity index (χ3v) is 20.7. The predicted octanol–water partition coefficient (Wildman–Crippen LogP) is 13.0. The Bertz CT molecular complexity index is 6230. The van der Waals surface area contributed by atoms with Gasteiger partial charge in [-0.15, -0.1) is 0 Å². The number of halogens is 3. The first-order valence-electron chi connectivity index (χ1n) is 42.4. The van der Waals surface area contributed by atoms with Crippen LogP contribution in [-0.2, 0) is 70.6 Å². The molecule has 0 bridgehead atoms. The summed E-state index contributed by atoms with van der Waals surface area (Å²) in [5, 5.41) is 63.3. The molecule has 690 valence electrons. The molecule has 33 heteroatoms. The zero-order chi connectivity index (χ0) is 96.5. The lowest BCUT2D eigenvalue weighted by molar-refractivity contribution is 0.0897. The van der Waals surface area contributed by atoms with E-state index in [0.717, 1.165) is 88.2 Å². The molecule has 0 aliphatic rings. The molecule has 0 spiro atoms. The zero-order valence-electron chi connectivity index (χ0n) is 73.7. The summed E-state index contributed by atoms with van der Waals surface area (Å²) >= 11 is 17.8. The van der Waals surface area contributed by atoms with Crippen LogP contribution < -0.4 is 0 Å². The molecule has 15 aromatic rings. The van der Waals surface area contributed by atoms with Gasteiger partial charge in [0.05, 0.1) is 38.9 Å². The van der Waals surface area contributed by atoms with Gasteiger partial charge in [0.1, 0.15) is 87.0 Å². The molecule has 0 saturated carbocycles.